The number of carbonyl (C=O) groups excluding carboxylic acids is 1. The summed E-state index contributed by atoms with van der Waals surface area (Å²) in [6.07, 6.45) is 0.841. The normalized spacial score (nSPS) is 12.6. The fourth-order valence-electron chi connectivity index (χ4n) is 1.29. The molecular formula is C9H14N2O3. The number of esters is 1. The molecule has 0 aliphatic carbocycles. The Labute approximate surface area is 82.3 Å². The van der Waals surface area contributed by atoms with E-state index in [4.69, 9.17) is 0 Å². The average molecular weight is 198 g/mol. The van der Waals surface area contributed by atoms with E-state index in [2.05, 4.69) is 9.84 Å². The summed E-state index contributed by atoms with van der Waals surface area (Å²) < 4.78 is 6.06. The number of carbonyl (C=O) groups is 1. The van der Waals surface area contributed by atoms with Crippen LogP contribution >= 0.6 is 0 Å². The number of aryl methyl sites for hydroxylation is 2. The molecule has 1 rings (SSSR count). The van der Waals surface area contributed by atoms with Gasteiger partial charge in [-0.05, 0) is 12.5 Å². The second-order valence-electron chi connectivity index (χ2n) is 3.17. The second-order valence-corrected chi connectivity index (χ2v) is 3.17. The highest BCUT2D eigenvalue weighted by atomic mass is 16.5. The van der Waals surface area contributed by atoms with Gasteiger partial charge in [0.25, 0.3) is 0 Å². The molecule has 0 fully saturated rings. The number of aliphatic hydroxyl groups excluding tert-OH is 1. The van der Waals surface area contributed by atoms with E-state index in [0.717, 1.165) is 5.56 Å². The minimum absolute atomic E-state index is 0.0612. The third kappa shape index (κ3) is 2.32. The number of nitrogens with zero attached hydrogens (tertiary/aromatic N) is 2. The van der Waals surface area contributed by atoms with Crippen LogP contribution in [0.15, 0.2) is 6.20 Å². The number of ether oxygens (including phenoxy) is 1. The molecule has 0 unspecified atom stereocenters. The first kappa shape index (κ1) is 10.7. The minimum Gasteiger partial charge on any atom is -0.469 e. The Morgan fingerprint density at radius 1 is 1.79 bits per heavy atom. The van der Waals surface area contributed by atoms with Gasteiger partial charge in [-0.2, -0.15) is 5.10 Å². The Bertz CT molecular complexity index is 333. The summed E-state index contributed by atoms with van der Waals surface area (Å²) in [5.74, 6) is -0.442. The molecule has 0 saturated heterocycles. The van der Waals surface area contributed by atoms with Crippen LogP contribution in [-0.4, -0.2) is 28.0 Å². The van der Waals surface area contributed by atoms with Crippen LogP contribution in [0.3, 0.4) is 0 Å². The van der Waals surface area contributed by atoms with Gasteiger partial charge in [0.15, 0.2) is 0 Å². The van der Waals surface area contributed by atoms with Crippen molar-refractivity contribution < 1.29 is 14.6 Å². The highest BCUT2D eigenvalue weighted by molar-refractivity contribution is 5.69. The van der Waals surface area contributed by atoms with Gasteiger partial charge in [0.2, 0.25) is 0 Å². The lowest BCUT2D eigenvalue weighted by Crippen LogP contribution is -2.09. The van der Waals surface area contributed by atoms with Gasteiger partial charge >= 0.3 is 5.97 Å². The SMILES string of the molecule is COC(=O)C[C@H](O)c1nn(C)cc1C. The van der Waals surface area contributed by atoms with Gasteiger partial charge in [0.1, 0.15) is 6.10 Å². The molecule has 1 atom stereocenters. The molecule has 14 heavy (non-hydrogen) atoms. The Balaban J connectivity index is 2.73. The Kier molecular flexibility index (Phi) is 3.24. The van der Waals surface area contributed by atoms with Crippen molar-refractivity contribution >= 4 is 5.97 Å². The number of hydrogen-bond acceptors (Lipinski definition) is 4. The monoisotopic (exact) mass is 198 g/mol. The minimum atomic E-state index is -0.886. The molecule has 78 valence electrons. The fourth-order valence-corrected chi connectivity index (χ4v) is 1.29. The zero-order chi connectivity index (χ0) is 10.7. The Morgan fingerprint density at radius 2 is 2.43 bits per heavy atom. The van der Waals surface area contributed by atoms with Crippen LogP contribution in [0, 0.1) is 6.92 Å². The van der Waals surface area contributed by atoms with Crippen LogP contribution in [0.25, 0.3) is 0 Å². The van der Waals surface area contributed by atoms with Crippen LogP contribution in [0.5, 0.6) is 0 Å². The zero-order valence-electron chi connectivity index (χ0n) is 8.52. The quantitative estimate of drug-likeness (QED) is 0.710. The first-order valence-electron chi connectivity index (χ1n) is 4.29. The maximum absolute atomic E-state index is 10.9. The van der Waals surface area contributed by atoms with Crippen LogP contribution < -0.4 is 0 Å². The molecule has 0 aromatic carbocycles. The first-order chi connectivity index (χ1) is 6.54. The summed E-state index contributed by atoms with van der Waals surface area (Å²) in [4.78, 5) is 10.9. The van der Waals surface area contributed by atoms with E-state index in [-0.39, 0.29) is 6.42 Å². The molecule has 5 heteroatoms. The van der Waals surface area contributed by atoms with Crippen molar-refractivity contribution in [3.8, 4) is 0 Å². The van der Waals surface area contributed by atoms with Gasteiger partial charge < -0.3 is 9.84 Å². The summed E-state index contributed by atoms with van der Waals surface area (Å²) in [6.45, 7) is 1.84. The van der Waals surface area contributed by atoms with Crippen molar-refractivity contribution in [2.75, 3.05) is 7.11 Å². The van der Waals surface area contributed by atoms with E-state index in [1.54, 1.807) is 17.9 Å². The van der Waals surface area contributed by atoms with Crippen molar-refractivity contribution in [1.29, 1.82) is 0 Å². The molecule has 0 spiro atoms. The van der Waals surface area contributed by atoms with Gasteiger partial charge in [-0.3, -0.25) is 9.48 Å². The number of rotatable bonds is 3. The van der Waals surface area contributed by atoms with Crippen molar-refractivity contribution in [1.82, 2.24) is 9.78 Å². The molecule has 0 radical (unpaired) electrons. The van der Waals surface area contributed by atoms with E-state index >= 15 is 0 Å². The molecule has 0 amide bonds. The van der Waals surface area contributed by atoms with Crippen LogP contribution in [0.4, 0.5) is 0 Å². The summed E-state index contributed by atoms with van der Waals surface area (Å²) in [7, 11) is 3.06. The Morgan fingerprint density at radius 3 is 2.86 bits per heavy atom. The smallest absolute Gasteiger partial charge is 0.308 e. The third-order valence-electron chi connectivity index (χ3n) is 1.95. The molecule has 1 heterocycles. The van der Waals surface area contributed by atoms with Gasteiger partial charge in [-0.1, -0.05) is 0 Å². The summed E-state index contributed by atoms with van der Waals surface area (Å²) in [6, 6.07) is 0. The first-order valence-corrected chi connectivity index (χ1v) is 4.29. The lowest BCUT2D eigenvalue weighted by atomic mass is 10.1. The van der Waals surface area contributed by atoms with Crippen molar-refractivity contribution in [2.24, 2.45) is 7.05 Å². The highest BCUT2D eigenvalue weighted by Crippen LogP contribution is 2.18. The van der Waals surface area contributed by atoms with Gasteiger partial charge in [-0.25, -0.2) is 0 Å². The lowest BCUT2D eigenvalue weighted by Gasteiger charge is -2.06. The van der Waals surface area contributed by atoms with E-state index in [9.17, 15) is 9.90 Å². The summed E-state index contributed by atoms with van der Waals surface area (Å²) >= 11 is 0. The van der Waals surface area contributed by atoms with Gasteiger partial charge in [0.05, 0.1) is 19.2 Å². The fraction of sp³-hybridized carbons (Fsp3) is 0.556. The average Bonchev–Trinajstić information content (AvgIpc) is 2.45. The summed E-state index contributed by atoms with van der Waals surface area (Å²) in [5, 5.41) is 13.7. The number of hydrogen-bond donors (Lipinski definition) is 1. The van der Waals surface area contributed by atoms with Crippen molar-refractivity contribution in [3.05, 3.63) is 17.5 Å². The number of aromatic nitrogens is 2. The maximum Gasteiger partial charge on any atom is 0.308 e. The second kappa shape index (κ2) is 4.23. The van der Waals surface area contributed by atoms with Crippen LogP contribution in [0.2, 0.25) is 0 Å². The zero-order valence-corrected chi connectivity index (χ0v) is 8.52. The molecule has 0 aliphatic heterocycles. The molecule has 0 bridgehead atoms. The number of aliphatic hydroxyl groups is 1. The lowest BCUT2D eigenvalue weighted by molar-refractivity contribution is -0.142. The van der Waals surface area contributed by atoms with Crippen molar-refractivity contribution in [2.45, 2.75) is 19.4 Å². The molecule has 1 N–H and O–H groups in total. The third-order valence-corrected chi connectivity index (χ3v) is 1.95. The van der Waals surface area contributed by atoms with Crippen LogP contribution in [0.1, 0.15) is 23.8 Å². The molecule has 1 aromatic heterocycles. The molecule has 5 nitrogen and oxygen atoms in total. The van der Waals surface area contributed by atoms with E-state index in [0.29, 0.717) is 5.69 Å². The molecule has 0 aliphatic rings. The van der Waals surface area contributed by atoms with Crippen LogP contribution in [-0.2, 0) is 16.6 Å². The summed E-state index contributed by atoms with van der Waals surface area (Å²) in [5.41, 5.74) is 1.39. The van der Waals surface area contributed by atoms with Gasteiger partial charge in [0, 0.05) is 13.2 Å². The standard InChI is InChI=1S/C9H14N2O3/c1-6-5-11(2)10-9(6)7(12)4-8(13)14-3/h5,7,12H,4H2,1-3H3/t7-/m0/s1. The molecular weight excluding hydrogens is 184 g/mol. The van der Waals surface area contributed by atoms with E-state index < -0.39 is 12.1 Å². The highest BCUT2D eigenvalue weighted by Gasteiger charge is 2.18. The van der Waals surface area contributed by atoms with Gasteiger partial charge in [-0.15, -0.1) is 0 Å². The predicted molar refractivity (Wildman–Crippen MR) is 49.5 cm³/mol. The largest absolute Gasteiger partial charge is 0.469 e. The molecule has 0 saturated carbocycles. The molecule has 1 aromatic rings. The number of methoxy groups -OCH3 is 1. The Hall–Kier alpha value is -1.36. The predicted octanol–water partition coefficient (Wildman–Crippen LogP) is 0.325. The maximum atomic E-state index is 10.9. The topological polar surface area (TPSA) is 64.3 Å². The van der Waals surface area contributed by atoms with E-state index in [1.807, 2.05) is 6.92 Å². The van der Waals surface area contributed by atoms with E-state index in [1.165, 1.54) is 7.11 Å². The van der Waals surface area contributed by atoms with Crippen molar-refractivity contribution in [3.63, 3.8) is 0 Å².